The molecule has 0 spiro atoms. The molecule has 2 aromatic carbocycles. The first-order chi connectivity index (χ1) is 11.4. The number of aryl methyl sites for hydroxylation is 1. The Bertz CT molecular complexity index is 989. The maximum atomic E-state index is 12.7. The summed E-state index contributed by atoms with van der Waals surface area (Å²) in [6.45, 7) is 1.70. The highest BCUT2D eigenvalue weighted by atomic mass is 35.5. The Kier molecular flexibility index (Phi) is 4.49. The Morgan fingerprint density at radius 3 is 2.50 bits per heavy atom. The minimum atomic E-state index is -3.85. The van der Waals surface area contributed by atoms with Gasteiger partial charge >= 0.3 is 0 Å². The van der Waals surface area contributed by atoms with Crippen LogP contribution in [0.1, 0.15) is 5.56 Å². The van der Waals surface area contributed by atoms with E-state index in [0.29, 0.717) is 21.3 Å². The van der Waals surface area contributed by atoms with Gasteiger partial charge in [-0.1, -0.05) is 29.3 Å². The molecule has 6 nitrogen and oxygen atoms in total. The average Bonchev–Trinajstić information content (AvgIpc) is 3.03. The number of anilines is 1. The molecule has 0 aliphatic rings. The summed E-state index contributed by atoms with van der Waals surface area (Å²) in [4.78, 5) is 3.96. The van der Waals surface area contributed by atoms with E-state index in [0.717, 1.165) is 0 Å². The third-order valence-corrected chi connectivity index (χ3v) is 5.29. The van der Waals surface area contributed by atoms with Gasteiger partial charge in [0.1, 0.15) is 12.7 Å². The van der Waals surface area contributed by atoms with Gasteiger partial charge in [0.15, 0.2) is 0 Å². The third-order valence-electron chi connectivity index (χ3n) is 3.31. The van der Waals surface area contributed by atoms with Crippen LogP contribution in [-0.2, 0) is 10.0 Å². The van der Waals surface area contributed by atoms with Gasteiger partial charge in [0.2, 0.25) is 0 Å². The molecule has 0 saturated heterocycles. The van der Waals surface area contributed by atoms with Crippen molar-refractivity contribution in [2.45, 2.75) is 11.8 Å². The molecule has 0 amide bonds. The van der Waals surface area contributed by atoms with Crippen LogP contribution < -0.4 is 4.72 Å². The number of benzene rings is 2. The minimum Gasteiger partial charge on any atom is -0.277 e. The lowest BCUT2D eigenvalue weighted by Crippen LogP contribution is -2.16. The second-order valence-corrected chi connectivity index (χ2v) is 7.54. The number of nitrogens with zero attached hydrogens (tertiary/aromatic N) is 3. The van der Waals surface area contributed by atoms with Gasteiger partial charge in [-0.3, -0.25) is 4.72 Å². The summed E-state index contributed by atoms with van der Waals surface area (Å²) in [6, 6.07) is 9.49. The van der Waals surface area contributed by atoms with E-state index in [4.69, 9.17) is 23.2 Å². The Balaban J connectivity index is 2.08. The highest BCUT2D eigenvalue weighted by Gasteiger charge is 2.20. The van der Waals surface area contributed by atoms with Gasteiger partial charge < -0.3 is 0 Å². The van der Waals surface area contributed by atoms with Gasteiger partial charge in [-0.05, 0) is 42.8 Å². The zero-order valence-electron chi connectivity index (χ0n) is 12.4. The quantitative estimate of drug-likeness (QED) is 0.746. The van der Waals surface area contributed by atoms with E-state index in [1.54, 1.807) is 31.2 Å². The maximum absolute atomic E-state index is 12.7. The molecule has 1 heterocycles. The van der Waals surface area contributed by atoms with Crippen molar-refractivity contribution >= 4 is 38.9 Å². The predicted molar refractivity (Wildman–Crippen MR) is 93.4 cm³/mol. The summed E-state index contributed by atoms with van der Waals surface area (Å²) in [5, 5.41) is 4.74. The smallest absolute Gasteiger partial charge is 0.262 e. The van der Waals surface area contributed by atoms with Crippen molar-refractivity contribution in [2.75, 3.05) is 4.72 Å². The molecule has 9 heteroatoms. The summed E-state index contributed by atoms with van der Waals surface area (Å²) < 4.78 is 29.5. The Morgan fingerprint density at radius 1 is 1.08 bits per heavy atom. The average molecular weight is 383 g/mol. The number of nitrogens with one attached hydrogen (secondary N) is 1. The molecule has 0 radical (unpaired) electrons. The van der Waals surface area contributed by atoms with Crippen LogP contribution in [0.5, 0.6) is 0 Å². The molecule has 3 aromatic rings. The molecule has 24 heavy (non-hydrogen) atoms. The summed E-state index contributed by atoms with van der Waals surface area (Å²) >= 11 is 11.9. The monoisotopic (exact) mass is 382 g/mol. The molecule has 0 aliphatic carbocycles. The van der Waals surface area contributed by atoms with Crippen molar-refractivity contribution < 1.29 is 8.42 Å². The fourth-order valence-corrected chi connectivity index (χ4v) is 3.93. The van der Waals surface area contributed by atoms with E-state index in [2.05, 4.69) is 14.8 Å². The second-order valence-electron chi connectivity index (χ2n) is 5.02. The normalized spacial score (nSPS) is 11.5. The Labute approximate surface area is 149 Å². The Morgan fingerprint density at radius 2 is 1.79 bits per heavy atom. The summed E-state index contributed by atoms with van der Waals surface area (Å²) in [6.07, 6.45) is 2.82. The minimum absolute atomic E-state index is 0.0968. The molecule has 1 N–H and O–H groups in total. The van der Waals surface area contributed by atoms with E-state index in [1.807, 2.05) is 0 Å². The van der Waals surface area contributed by atoms with E-state index >= 15 is 0 Å². The highest BCUT2D eigenvalue weighted by molar-refractivity contribution is 7.92. The van der Waals surface area contributed by atoms with Crippen LogP contribution in [0.4, 0.5) is 5.69 Å². The molecule has 0 atom stereocenters. The van der Waals surface area contributed by atoms with Crippen LogP contribution in [-0.4, -0.2) is 23.2 Å². The predicted octanol–water partition coefficient (Wildman–Crippen LogP) is 3.68. The lowest BCUT2D eigenvalue weighted by atomic mass is 10.2. The second kappa shape index (κ2) is 6.43. The van der Waals surface area contributed by atoms with Crippen LogP contribution in [0.3, 0.4) is 0 Å². The van der Waals surface area contributed by atoms with Crippen molar-refractivity contribution in [1.82, 2.24) is 14.8 Å². The molecule has 0 unspecified atom stereocenters. The zero-order valence-corrected chi connectivity index (χ0v) is 14.8. The Hall–Kier alpha value is -2.09. The molecule has 3 rings (SSSR count). The van der Waals surface area contributed by atoms with E-state index < -0.39 is 10.0 Å². The highest BCUT2D eigenvalue weighted by Crippen LogP contribution is 2.28. The van der Waals surface area contributed by atoms with Crippen LogP contribution >= 0.6 is 23.2 Å². The molecule has 0 aliphatic heterocycles. The SMILES string of the molecule is Cc1ccc(Cl)cc1S(=O)(=O)Nc1cc(Cl)ccc1-n1cncn1. The molecule has 0 saturated carbocycles. The summed E-state index contributed by atoms with van der Waals surface area (Å²) in [5.41, 5.74) is 1.36. The van der Waals surface area contributed by atoms with Crippen molar-refractivity contribution in [2.24, 2.45) is 0 Å². The largest absolute Gasteiger partial charge is 0.277 e. The number of aromatic nitrogens is 3. The van der Waals surface area contributed by atoms with Gasteiger partial charge in [0, 0.05) is 10.0 Å². The van der Waals surface area contributed by atoms with Crippen molar-refractivity contribution in [3.63, 3.8) is 0 Å². The number of hydrogen-bond acceptors (Lipinski definition) is 4. The van der Waals surface area contributed by atoms with Crippen molar-refractivity contribution in [3.8, 4) is 5.69 Å². The molecule has 0 fully saturated rings. The first-order valence-corrected chi connectivity index (χ1v) is 9.04. The first-order valence-electron chi connectivity index (χ1n) is 6.80. The van der Waals surface area contributed by atoms with E-state index in [1.165, 1.54) is 29.5 Å². The van der Waals surface area contributed by atoms with Gasteiger partial charge in [0.05, 0.1) is 16.3 Å². The van der Waals surface area contributed by atoms with Crippen LogP contribution in [0, 0.1) is 6.92 Å². The number of hydrogen-bond donors (Lipinski definition) is 1. The van der Waals surface area contributed by atoms with Crippen molar-refractivity contribution in [1.29, 1.82) is 0 Å². The molecule has 0 bridgehead atoms. The number of rotatable bonds is 4. The molecular formula is C15H12Cl2N4O2S. The third kappa shape index (κ3) is 3.38. The van der Waals surface area contributed by atoms with Crippen LogP contribution in [0.15, 0.2) is 53.9 Å². The molecular weight excluding hydrogens is 371 g/mol. The standard InChI is InChI=1S/C15H12Cl2N4O2S/c1-10-2-3-12(17)7-15(10)24(22,23)20-13-6-11(16)4-5-14(13)21-9-18-8-19-21/h2-9,20H,1H3. The lowest BCUT2D eigenvalue weighted by molar-refractivity contribution is 0.600. The van der Waals surface area contributed by atoms with Crippen LogP contribution in [0.2, 0.25) is 10.0 Å². The molecule has 1 aromatic heterocycles. The molecule has 124 valence electrons. The van der Waals surface area contributed by atoms with Gasteiger partial charge in [-0.2, -0.15) is 5.10 Å². The zero-order chi connectivity index (χ0) is 17.3. The summed E-state index contributed by atoms with van der Waals surface area (Å²) in [5.74, 6) is 0. The maximum Gasteiger partial charge on any atom is 0.262 e. The van der Waals surface area contributed by atoms with Crippen LogP contribution in [0.25, 0.3) is 5.69 Å². The van der Waals surface area contributed by atoms with E-state index in [9.17, 15) is 8.42 Å². The van der Waals surface area contributed by atoms with Gasteiger partial charge in [-0.25, -0.2) is 18.1 Å². The summed E-state index contributed by atoms with van der Waals surface area (Å²) in [7, 11) is -3.85. The van der Waals surface area contributed by atoms with Gasteiger partial charge in [0.25, 0.3) is 10.0 Å². The van der Waals surface area contributed by atoms with Gasteiger partial charge in [-0.15, -0.1) is 0 Å². The van der Waals surface area contributed by atoms with E-state index in [-0.39, 0.29) is 10.6 Å². The lowest BCUT2D eigenvalue weighted by Gasteiger charge is -2.14. The van der Waals surface area contributed by atoms with Crippen molar-refractivity contribution in [3.05, 3.63) is 64.7 Å². The topological polar surface area (TPSA) is 76.9 Å². The number of sulfonamides is 1. The fourth-order valence-electron chi connectivity index (χ4n) is 2.19. The number of halogens is 2. The first kappa shape index (κ1) is 16.8. The fraction of sp³-hybridized carbons (Fsp3) is 0.0667.